The van der Waals surface area contributed by atoms with E-state index in [9.17, 15) is 0 Å². The molecular formula is C12H18N4S. The molecule has 0 fully saturated rings. The maximum atomic E-state index is 5.12. The summed E-state index contributed by atoms with van der Waals surface area (Å²) >= 11 is 5.12. The standard InChI is InChI=1S/C12H18N4S/c1-4-9(2)14-12(17)16-15-10(3)11-7-5-6-8-13-11/h5-9H,4H2,1-3H3,(H2,14,16,17). The predicted molar refractivity (Wildman–Crippen MR) is 75.1 cm³/mol. The van der Waals surface area contributed by atoms with Crippen molar-refractivity contribution in [2.24, 2.45) is 5.10 Å². The first-order chi connectivity index (χ1) is 8.13. The van der Waals surface area contributed by atoms with Crippen LogP contribution in [0.25, 0.3) is 0 Å². The molecule has 0 aliphatic carbocycles. The molecule has 0 spiro atoms. The van der Waals surface area contributed by atoms with Crippen molar-refractivity contribution in [3.8, 4) is 0 Å². The van der Waals surface area contributed by atoms with E-state index in [0.717, 1.165) is 17.8 Å². The van der Waals surface area contributed by atoms with Crippen LogP contribution in [0.1, 0.15) is 32.9 Å². The molecular weight excluding hydrogens is 232 g/mol. The van der Waals surface area contributed by atoms with Crippen LogP contribution in [0, 0.1) is 0 Å². The Bertz CT molecular complexity index is 389. The molecule has 92 valence electrons. The van der Waals surface area contributed by atoms with Gasteiger partial charge in [-0.05, 0) is 44.6 Å². The lowest BCUT2D eigenvalue weighted by atomic mass is 10.3. The third-order valence-electron chi connectivity index (χ3n) is 2.35. The first kappa shape index (κ1) is 13.6. The number of aromatic nitrogens is 1. The molecule has 1 unspecified atom stereocenters. The van der Waals surface area contributed by atoms with Crippen molar-refractivity contribution in [2.45, 2.75) is 33.2 Å². The summed E-state index contributed by atoms with van der Waals surface area (Å²) in [6.07, 6.45) is 2.76. The van der Waals surface area contributed by atoms with Crippen molar-refractivity contribution in [1.29, 1.82) is 0 Å². The number of hydrogen-bond acceptors (Lipinski definition) is 3. The predicted octanol–water partition coefficient (Wildman–Crippen LogP) is 2.07. The van der Waals surface area contributed by atoms with Crippen molar-refractivity contribution in [3.63, 3.8) is 0 Å². The number of nitrogens with zero attached hydrogens (tertiary/aromatic N) is 2. The Labute approximate surface area is 108 Å². The number of hydrazone groups is 1. The second kappa shape index (κ2) is 6.96. The maximum Gasteiger partial charge on any atom is 0.187 e. The molecule has 0 aromatic carbocycles. The molecule has 1 aromatic heterocycles. The highest BCUT2D eigenvalue weighted by molar-refractivity contribution is 7.80. The Morgan fingerprint density at radius 3 is 2.88 bits per heavy atom. The number of rotatable bonds is 4. The topological polar surface area (TPSA) is 49.3 Å². The number of hydrogen-bond donors (Lipinski definition) is 2. The summed E-state index contributed by atoms with van der Waals surface area (Å²) in [4.78, 5) is 4.20. The fraction of sp³-hybridized carbons (Fsp3) is 0.417. The zero-order chi connectivity index (χ0) is 12.7. The lowest BCUT2D eigenvalue weighted by Crippen LogP contribution is -2.38. The summed E-state index contributed by atoms with van der Waals surface area (Å²) in [6, 6.07) is 6.06. The molecule has 2 N–H and O–H groups in total. The van der Waals surface area contributed by atoms with E-state index in [1.165, 1.54) is 0 Å². The van der Waals surface area contributed by atoms with Gasteiger partial charge < -0.3 is 5.32 Å². The average molecular weight is 250 g/mol. The minimum Gasteiger partial charge on any atom is -0.359 e. The van der Waals surface area contributed by atoms with Crippen LogP contribution < -0.4 is 10.7 Å². The molecule has 0 amide bonds. The zero-order valence-corrected chi connectivity index (χ0v) is 11.2. The first-order valence-electron chi connectivity index (χ1n) is 5.65. The van der Waals surface area contributed by atoms with Gasteiger partial charge in [-0.15, -0.1) is 0 Å². The highest BCUT2D eigenvalue weighted by Crippen LogP contribution is 1.95. The van der Waals surface area contributed by atoms with Crippen LogP contribution in [-0.2, 0) is 0 Å². The smallest absolute Gasteiger partial charge is 0.187 e. The van der Waals surface area contributed by atoms with Crippen LogP contribution in [0.5, 0.6) is 0 Å². The Kier molecular flexibility index (Phi) is 5.56. The van der Waals surface area contributed by atoms with Gasteiger partial charge in [-0.2, -0.15) is 5.10 Å². The van der Waals surface area contributed by atoms with Crippen LogP contribution in [0.4, 0.5) is 0 Å². The molecule has 0 saturated carbocycles. The third-order valence-corrected chi connectivity index (χ3v) is 2.56. The van der Waals surface area contributed by atoms with Gasteiger partial charge in [-0.1, -0.05) is 13.0 Å². The summed E-state index contributed by atoms with van der Waals surface area (Å²) in [7, 11) is 0. The van der Waals surface area contributed by atoms with Gasteiger partial charge in [0.1, 0.15) is 0 Å². The molecule has 1 aromatic rings. The maximum absolute atomic E-state index is 5.12. The van der Waals surface area contributed by atoms with Crippen molar-refractivity contribution in [2.75, 3.05) is 0 Å². The van der Waals surface area contributed by atoms with Crippen molar-refractivity contribution in [3.05, 3.63) is 30.1 Å². The molecule has 1 atom stereocenters. The van der Waals surface area contributed by atoms with Crippen molar-refractivity contribution in [1.82, 2.24) is 15.7 Å². The van der Waals surface area contributed by atoms with E-state index in [0.29, 0.717) is 11.2 Å². The highest BCUT2D eigenvalue weighted by Gasteiger charge is 2.01. The highest BCUT2D eigenvalue weighted by atomic mass is 32.1. The summed E-state index contributed by atoms with van der Waals surface area (Å²) in [5.74, 6) is 0. The quantitative estimate of drug-likeness (QED) is 0.488. The van der Waals surface area contributed by atoms with E-state index in [1.807, 2.05) is 25.1 Å². The average Bonchev–Trinajstić information content (AvgIpc) is 2.36. The normalized spacial score (nSPS) is 13.0. The molecule has 0 radical (unpaired) electrons. The SMILES string of the molecule is CCC(C)NC(=S)NN=C(C)c1ccccn1. The van der Waals surface area contributed by atoms with Gasteiger partial charge >= 0.3 is 0 Å². The van der Waals surface area contributed by atoms with Crippen LogP contribution in [0.2, 0.25) is 0 Å². The Morgan fingerprint density at radius 2 is 2.29 bits per heavy atom. The van der Waals surface area contributed by atoms with E-state index in [1.54, 1.807) is 6.20 Å². The molecule has 0 bridgehead atoms. The van der Waals surface area contributed by atoms with Crippen LogP contribution in [0.15, 0.2) is 29.5 Å². The van der Waals surface area contributed by atoms with Gasteiger partial charge in [0.25, 0.3) is 0 Å². The molecule has 1 heterocycles. The second-order valence-electron chi connectivity index (χ2n) is 3.81. The van der Waals surface area contributed by atoms with E-state index >= 15 is 0 Å². The van der Waals surface area contributed by atoms with Gasteiger partial charge in [0.05, 0.1) is 11.4 Å². The Balaban J connectivity index is 2.51. The van der Waals surface area contributed by atoms with Crippen molar-refractivity contribution >= 4 is 23.0 Å². The Morgan fingerprint density at radius 1 is 1.53 bits per heavy atom. The van der Waals surface area contributed by atoms with Gasteiger partial charge in [0.2, 0.25) is 0 Å². The fourth-order valence-corrected chi connectivity index (χ4v) is 1.37. The van der Waals surface area contributed by atoms with Crippen LogP contribution in [-0.4, -0.2) is 21.8 Å². The molecule has 0 aliphatic rings. The summed E-state index contributed by atoms with van der Waals surface area (Å²) in [5, 5.41) is 7.85. The first-order valence-corrected chi connectivity index (χ1v) is 6.06. The number of nitrogens with one attached hydrogen (secondary N) is 2. The van der Waals surface area contributed by atoms with Gasteiger partial charge in [0.15, 0.2) is 5.11 Å². The van der Waals surface area contributed by atoms with Gasteiger partial charge in [-0.3, -0.25) is 10.4 Å². The number of thiocarbonyl (C=S) groups is 1. The van der Waals surface area contributed by atoms with E-state index < -0.39 is 0 Å². The zero-order valence-electron chi connectivity index (χ0n) is 10.4. The summed E-state index contributed by atoms with van der Waals surface area (Å²) in [5.41, 5.74) is 4.46. The summed E-state index contributed by atoms with van der Waals surface area (Å²) < 4.78 is 0. The second-order valence-corrected chi connectivity index (χ2v) is 4.22. The van der Waals surface area contributed by atoms with E-state index in [4.69, 9.17) is 12.2 Å². The minimum atomic E-state index is 0.348. The number of pyridine rings is 1. The lowest BCUT2D eigenvalue weighted by Gasteiger charge is -2.13. The molecule has 5 heteroatoms. The van der Waals surface area contributed by atoms with Crippen molar-refractivity contribution < 1.29 is 0 Å². The monoisotopic (exact) mass is 250 g/mol. The molecule has 0 saturated heterocycles. The Hall–Kier alpha value is -1.49. The van der Waals surface area contributed by atoms with Gasteiger partial charge in [-0.25, -0.2) is 0 Å². The molecule has 17 heavy (non-hydrogen) atoms. The molecule has 1 rings (SSSR count). The molecule has 0 aliphatic heterocycles. The summed E-state index contributed by atoms with van der Waals surface area (Å²) in [6.45, 7) is 6.06. The third kappa shape index (κ3) is 4.91. The fourth-order valence-electron chi connectivity index (χ4n) is 1.13. The molecule has 4 nitrogen and oxygen atoms in total. The minimum absolute atomic E-state index is 0.348. The van der Waals surface area contributed by atoms with Gasteiger partial charge in [0, 0.05) is 12.2 Å². The van der Waals surface area contributed by atoms with Crippen LogP contribution in [0.3, 0.4) is 0 Å². The largest absolute Gasteiger partial charge is 0.359 e. The lowest BCUT2D eigenvalue weighted by molar-refractivity contribution is 0.635. The van der Waals surface area contributed by atoms with E-state index in [-0.39, 0.29) is 0 Å². The van der Waals surface area contributed by atoms with Crippen LogP contribution >= 0.6 is 12.2 Å². The van der Waals surface area contributed by atoms with E-state index in [2.05, 4.69) is 34.7 Å².